The summed E-state index contributed by atoms with van der Waals surface area (Å²) in [7, 11) is 3.65. The highest BCUT2D eigenvalue weighted by atomic mass is 16.2. The van der Waals surface area contributed by atoms with Gasteiger partial charge in [0.05, 0.1) is 12.2 Å². The first-order chi connectivity index (χ1) is 8.56. The molecule has 2 aromatic rings. The smallest absolute Gasteiger partial charge is 0.253 e. The van der Waals surface area contributed by atoms with Gasteiger partial charge in [0.1, 0.15) is 0 Å². The molecular weight excluding hydrogens is 226 g/mol. The molecule has 0 saturated heterocycles. The molecule has 0 spiro atoms. The van der Waals surface area contributed by atoms with Crippen LogP contribution in [0, 0.1) is 6.92 Å². The SMILES string of the molecule is Cc1ccc(C(=O)N(C)Cc2ccn(C)n2)cc1. The van der Waals surface area contributed by atoms with Crippen LogP contribution in [0.4, 0.5) is 0 Å². The van der Waals surface area contributed by atoms with Crippen LogP contribution in [0.2, 0.25) is 0 Å². The Bertz CT molecular complexity index is 542. The Morgan fingerprint density at radius 1 is 1.28 bits per heavy atom. The van der Waals surface area contributed by atoms with E-state index in [0.717, 1.165) is 11.3 Å². The van der Waals surface area contributed by atoms with Crippen molar-refractivity contribution < 1.29 is 4.79 Å². The second kappa shape index (κ2) is 5.04. The van der Waals surface area contributed by atoms with Crippen LogP contribution in [-0.2, 0) is 13.6 Å². The lowest BCUT2D eigenvalue weighted by Gasteiger charge is -2.15. The fourth-order valence-corrected chi connectivity index (χ4v) is 1.78. The van der Waals surface area contributed by atoms with E-state index >= 15 is 0 Å². The van der Waals surface area contributed by atoms with E-state index in [-0.39, 0.29) is 5.91 Å². The maximum absolute atomic E-state index is 12.2. The summed E-state index contributed by atoms with van der Waals surface area (Å²) in [6, 6.07) is 9.52. The Morgan fingerprint density at radius 2 is 1.94 bits per heavy atom. The van der Waals surface area contributed by atoms with Gasteiger partial charge in [-0.15, -0.1) is 0 Å². The van der Waals surface area contributed by atoms with Crippen molar-refractivity contribution in [3.63, 3.8) is 0 Å². The molecule has 2 rings (SSSR count). The Hall–Kier alpha value is -2.10. The van der Waals surface area contributed by atoms with Gasteiger partial charge in [0.15, 0.2) is 0 Å². The van der Waals surface area contributed by atoms with E-state index in [1.807, 2.05) is 50.5 Å². The summed E-state index contributed by atoms with van der Waals surface area (Å²) < 4.78 is 1.74. The molecule has 0 saturated carbocycles. The molecule has 1 aromatic carbocycles. The van der Waals surface area contributed by atoms with Crippen LogP contribution in [0.15, 0.2) is 36.5 Å². The molecule has 0 radical (unpaired) electrons. The molecule has 94 valence electrons. The Labute approximate surface area is 107 Å². The van der Waals surface area contributed by atoms with Crippen molar-refractivity contribution in [2.45, 2.75) is 13.5 Å². The number of hydrogen-bond donors (Lipinski definition) is 0. The summed E-state index contributed by atoms with van der Waals surface area (Å²) in [4.78, 5) is 13.8. The number of amides is 1. The monoisotopic (exact) mass is 243 g/mol. The van der Waals surface area contributed by atoms with Crippen LogP contribution in [0.25, 0.3) is 0 Å². The van der Waals surface area contributed by atoms with E-state index in [0.29, 0.717) is 12.1 Å². The second-order valence-electron chi connectivity index (χ2n) is 4.51. The molecule has 4 nitrogen and oxygen atoms in total. The average Bonchev–Trinajstić information content (AvgIpc) is 2.75. The van der Waals surface area contributed by atoms with E-state index in [1.165, 1.54) is 0 Å². The zero-order chi connectivity index (χ0) is 13.1. The highest BCUT2D eigenvalue weighted by Gasteiger charge is 2.12. The zero-order valence-corrected chi connectivity index (χ0v) is 10.9. The Balaban J connectivity index is 2.07. The highest BCUT2D eigenvalue weighted by molar-refractivity contribution is 5.94. The average molecular weight is 243 g/mol. The van der Waals surface area contributed by atoms with E-state index in [4.69, 9.17) is 0 Å². The number of carbonyl (C=O) groups excluding carboxylic acids is 1. The third-order valence-electron chi connectivity index (χ3n) is 2.81. The van der Waals surface area contributed by atoms with Crippen molar-refractivity contribution in [2.24, 2.45) is 7.05 Å². The molecule has 0 N–H and O–H groups in total. The fraction of sp³-hybridized carbons (Fsp3) is 0.286. The summed E-state index contributed by atoms with van der Waals surface area (Å²) in [5, 5.41) is 4.26. The zero-order valence-electron chi connectivity index (χ0n) is 10.9. The van der Waals surface area contributed by atoms with Crippen molar-refractivity contribution in [3.05, 3.63) is 53.3 Å². The van der Waals surface area contributed by atoms with Gasteiger partial charge in [-0.05, 0) is 25.1 Å². The largest absolute Gasteiger partial charge is 0.336 e. The number of hydrogen-bond acceptors (Lipinski definition) is 2. The molecule has 0 fully saturated rings. The number of aromatic nitrogens is 2. The topological polar surface area (TPSA) is 38.1 Å². The van der Waals surface area contributed by atoms with Crippen molar-refractivity contribution in [3.8, 4) is 0 Å². The minimum atomic E-state index is 0.0145. The van der Waals surface area contributed by atoms with Crippen LogP contribution in [0.5, 0.6) is 0 Å². The Morgan fingerprint density at radius 3 is 2.50 bits per heavy atom. The third kappa shape index (κ3) is 2.77. The van der Waals surface area contributed by atoms with Gasteiger partial charge in [-0.2, -0.15) is 5.10 Å². The molecule has 0 aliphatic heterocycles. The van der Waals surface area contributed by atoms with Gasteiger partial charge < -0.3 is 4.90 Å². The van der Waals surface area contributed by atoms with E-state index < -0.39 is 0 Å². The lowest BCUT2D eigenvalue weighted by Crippen LogP contribution is -2.26. The molecule has 1 amide bonds. The van der Waals surface area contributed by atoms with Gasteiger partial charge >= 0.3 is 0 Å². The first-order valence-corrected chi connectivity index (χ1v) is 5.87. The standard InChI is InChI=1S/C14H17N3O/c1-11-4-6-12(7-5-11)14(18)16(2)10-13-8-9-17(3)15-13/h4-9H,10H2,1-3H3. The predicted molar refractivity (Wildman–Crippen MR) is 70.2 cm³/mol. The van der Waals surface area contributed by atoms with Crippen molar-refractivity contribution in [1.29, 1.82) is 0 Å². The number of benzene rings is 1. The van der Waals surface area contributed by atoms with Crippen molar-refractivity contribution in [2.75, 3.05) is 7.05 Å². The molecule has 0 aliphatic carbocycles. The van der Waals surface area contributed by atoms with Gasteiger partial charge in [0.2, 0.25) is 0 Å². The highest BCUT2D eigenvalue weighted by Crippen LogP contribution is 2.08. The fourth-order valence-electron chi connectivity index (χ4n) is 1.78. The summed E-state index contributed by atoms with van der Waals surface area (Å²) in [5.41, 5.74) is 2.75. The molecule has 4 heteroatoms. The quantitative estimate of drug-likeness (QED) is 0.827. The normalized spacial score (nSPS) is 10.4. The Kier molecular flexibility index (Phi) is 3.46. The van der Waals surface area contributed by atoms with Gasteiger partial charge in [-0.3, -0.25) is 9.48 Å². The number of rotatable bonds is 3. The van der Waals surface area contributed by atoms with Crippen molar-refractivity contribution in [1.82, 2.24) is 14.7 Å². The molecule has 0 aliphatic rings. The summed E-state index contributed by atoms with van der Waals surface area (Å²) >= 11 is 0. The minimum Gasteiger partial charge on any atom is -0.336 e. The van der Waals surface area contributed by atoms with Crippen LogP contribution in [-0.4, -0.2) is 27.6 Å². The molecule has 0 unspecified atom stereocenters. The maximum Gasteiger partial charge on any atom is 0.253 e. The van der Waals surface area contributed by atoms with Crippen LogP contribution in [0.1, 0.15) is 21.6 Å². The summed E-state index contributed by atoms with van der Waals surface area (Å²) in [5.74, 6) is 0.0145. The van der Waals surface area contributed by atoms with E-state index in [2.05, 4.69) is 5.10 Å². The molecule has 18 heavy (non-hydrogen) atoms. The second-order valence-corrected chi connectivity index (χ2v) is 4.51. The molecule has 1 heterocycles. The number of nitrogens with zero attached hydrogens (tertiary/aromatic N) is 3. The maximum atomic E-state index is 12.2. The number of aryl methyl sites for hydroxylation is 2. The van der Waals surface area contributed by atoms with E-state index in [9.17, 15) is 4.79 Å². The van der Waals surface area contributed by atoms with Gasteiger partial charge in [0.25, 0.3) is 5.91 Å². The first kappa shape index (κ1) is 12.4. The lowest BCUT2D eigenvalue weighted by atomic mass is 10.1. The minimum absolute atomic E-state index is 0.0145. The first-order valence-electron chi connectivity index (χ1n) is 5.87. The van der Waals surface area contributed by atoms with E-state index in [1.54, 1.807) is 16.6 Å². The van der Waals surface area contributed by atoms with Crippen LogP contribution < -0.4 is 0 Å². The molecule has 0 atom stereocenters. The van der Waals surface area contributed by atoms with Crippen LogP contribution >= 0.6 is 0 Å². The predicted octanol–water partition coefficient (Wildman–Crippen LogP) is 2.00. The molecule has 1 aromatic heterocycles. The van der Waals surface area contributed by atoms with Crippen LogP contribution in [0.3, 0.4) is 0 Å². The van der Waals surface area contributed by atoms with Gasteiger partial charge in [0, 0.05) is 25.9 Å². The van der Waals surface area contributed by atoms with Crippen molar-refractivity contribution >= 4 is 5.91 Å². The molecule has 0 bridgehead atoms. The number of carbonyl (C=O) groups is 1. The molecular formula is C14H17N3O. The van der Waals surface area contributed by atoms with Gasteiger partial charge in [-0.1, -0.05) is 17.7 Å². The summed E-state index contributed by atoms with van der Waals surface area (Å²) in [6.07, 6.45) is 1.87. The summed E-state index contributed by atoms with van der Waals surface area (Å²) in [6.45, 7) is 2.53. The lowest BCUT2D eigenvalue weighted by molar-refractivity contribution is 0.0783. The third-order valence-corrected chi connectivity index (χ3v) is 2.81. The van der Waals surface area contributed by atoms with Gasteiger partial charge in [-0.25, -0.2) is 0 Å².